The summed E-state index contributed by atoms with van der Waals surface area (Å²) in [4.78, 5) is 0. The van der Waals surface area contributed by atoms with E-state index in [1.54, 1.807) is 20.8 Å². The lowest BCUT2D eigenvalue weighted by Crippen LogP contribution is -2.39. The number of hydroxylamine groups is 2. The molecule has 0 amide bonds. The Morgan fingerprint density at radius 3 is 1.82 bits per heavy atom. The molecule has 0 spiro atoms. The van der Waals surface area contributed by atoms with Crippen molar-refractivity contribution in [2.75, 3.05) is 7.05 Å². The van der Waals surface area contributed by atoms with Crippen LogP contribution in [-0.4, -0.2) is 30.6 Å². The van der Waals surface area contributed by atoms with Crippen molar-refractivity contribution in [1.82, 2.24) is 5.06 Å². The fourth-order valence-corrected chi connectivity index (χ4v) is 0.759. The van der Waals surface area contributed by atoms with Crippen molar-refractivity contribution in [3.63, 3.8) is 0 Å². The minimum atomic E-state index is -4.38. The van der Waals surface area contributed by atoms with Gasteiger partial charge in [0.25, 0.3) is 0 Å². The highest BCUT2D eigenvalue weighted by Crippen LogP contribution is 2.11. The van der Waals surface area contributed by atoms with Crippen molar-refractivity contribution in [1.29, 1.82) is 0 Å². The lowest BCUT2D eigenvalue weighted by Gasteiger charge is -2.28. The minimum absolute atomic E-state index is 0.462. The van der Waals surface area contributed by atoms with Crippen LogP contribution >= 0.6 is 0 Å². The minimum Gasteiger partial charge on any atom is -0.262 e. The Balaban J connectivity index is 4.21. The zero-order valence-electron chi connectivity index (χ0n) is 7.03. The molecule has 0 aliphatic rings. The molecule has 0 aliphatic heterocycles. The zero-order chi connectivity index (χ0) is 9.28. The monoisotopic (exact) mass is 183 g/mol. The fourth-order valence-electron chi connectivity index (χ4n) is 0.253. The number of nitrogens with zero attached hydrogens (tertiary/aromatic N) is 1. The van der Waals surface area contributed by atoms with E-state index >= 15 is 0 Å². The molecular formula is C5H13NO4S. The van der Waals surface area contributed by atoms with Gasteiger partial charge in [0.05, 0.1) is 0 Å². The molecule has 0 aromatic heterocycles. The first-order chi connectivity index (χ1) is 4.63. The molecule has 0 heterocycles. The molecule has 5 nitrogen and oxygen atoms in total. The Morgan fingerprint density at radius 1 is 1.36 bits per heavy atom. The van der Waals surface area contributed by atoms with Crippen molar-refractivity contribution in [3.05, 3.63) is 0 Å². The molecule has 68 valence electrons. The largest absolute Gasteiger partial charge is 0.413 e. The van der Waals surface area contributed by atoms with E-state index in [0.717, 1.165) is 5.06 Å². The van der Waals surface area contributed by atoms with Crippen LogP contribution in [0.5, 0.6) is 0 Å². The van der Waals surface area contributed by atoms with Gasteiger partial charge in [0.1, 0.15) is 0 Å². The number of rotatable bonds is 2. The molecule has 0 rings (SSSR count). The van der Waals surface area contributed by atoms with Gasteiger partial charge in [0.15, 0.2) is 0 Å². The van der Waals surface area contributed by atoms with E-state index in [1.807, 2.05) is 0 Å². The van der Waals surface area contributed by atoms with Crippen molar-refractivity contribution < 1.29 is 17.3 Å². The highest BCUT2D eigenvalue weighted by molar-refractivity contribution is 7.80. The zero-order valence-corrected chi connectivity index (χ0v) is 7.84. The van der Waals surface area contributed by atoms with E-state index in [-0.39, 0.29) is 0 Å². The first-order valence-corrected chi connectivity index (χ1v) is 4.40. The second-order valence-electron chi connectivity index (χ2n) is 3.17. The van der Waals surface area contributed by atoms with Crippen LogP contribution in [0.15, 0.2) is 0 Å². The summed E-state index contributed by atoms with van der Waals surface area (Å²) < 4.78 is 32.8. The molecular weight excluding hydrogens is 170 g/mol. The van der Waals surface area contributed by atoms with Crippen molar-refractivity contribution >= 4 is 10.4 Å². The summed E-state index contributed by atoms with van der Waals surface area (Å²) in [5.74, 6) is 0. The van der Waals surface area contributed by atoms with E-state index < -0.39 is 15.9 Å². The van der Waals surface area contributed by atoms with E-state index in [9.17, 15) is 8.42 Å². The van der Waals surface area contributed by atoms with Crippen LogP contribution in [0, 0.1) is 0 Å². The van der Waals surface area contributed by atoms with Crippen LogP contribution in [0.4, 0.5) is 0 Å². The van der Waals surface area contributed by atoms with Gasteiger partial charge in [0.2, 0.25) is 0 Å². The summed E-state index contributed by atoms with van der Waals surface area (Å²) >= 11 is 0. The highest BCUT2D eigenvalue weighted by atomic mass is 32.3. The summed E-state index contributed by atoms with van der Waals surface area (Å²) in [5, 5.41) is 1.06. The van der Waals surface area contributed by atoms with Crippen molar-refractivity contribution in [2.45, 2.75) is 26.3 Å². The number of hydrogen-bond acceptors (Lipinski definition) is 4. The van der Waals surface area contributed by atoms with Gasteiger partial charge in [-0.3, -0.25) is 4.55 Å². The molecule has 0 unspecified atom stereocenters. The lowest BCUT2D eigenvalue weighted by atomic mass is 10.1. The van der Waals surface area contributed by atoms with E-state index in [0.29, 0.717) is 0 Å². The van der Waals surface area contributed by atoms with Crippen LogP contribution in [0.1, 0.15) is 20.8 Å². The summed E-state index contributed by atoms with van der Waals surface area (Å²) in [6, 6.07) is 0. The van der Waals surface area contributed by atoms with E-state index in [4.69, 9.17) is 4.55 Å². The third-order valence-electron chi connectivity index (χ3n) is 1.15. The smallest absolute Gasteiger partial charge is 0.262 e. The van der Waals surface area contributed by atoms with Crippen LogP contribution in [0.3, 0.4) is 0 Å². The first kappa shape index (κ1) is 10.8. The second-order valence-corrected chi connectivity index (χ2v) is 4.18. The third-order valence-corrected chi connectivity index (χ3v) is 1.56. The van der Waals surface area contributed by atoms with Gasteiger partial charge in [-0.05, 0) is 20.8 Å². The summed E-state index contributed by atoms with van der Waals surface area (Å²) in [6.07, 6.45) is 0. The summed E-state index contributed by atoms with van der Waals surface area (Å²) in [5.41, 5.74) is -0.462. The van der Waals surface area contributed by atoms with Gasteiger partial charge in [-0.15, -0.1) is 0 Å². The predicted molar refractivity (Wildman–Crippen MR) is 40.1 cm³/mol. The first-order valence-electron chi connectivity index (χ1n) is 3.04. The summed E-state index contributed by atoms with van der Waals surface area (Å²) in [6.45, 7) is 5.24. The van der Waals surface area contributed by atoms with E-state index in [1.165, 1.54) is 7.05 Å². The van der Waals surface area contributed by atoms with Crippen LogP contribution < -0.4 is 0 Å². The Hall–Kier alpha value is -0.170. The van der Waals surface area contributed by atoms with Crippen LogP contribution in [-0.2, 0) is 14.7 Å². The second kappa shape index (κ2) is 3.06. The van der Waals surface area contributed by atoms with Crippen molar-refractivity contribution in [2.24, 2.45) is 0 Å². The fraction of sp³-hybridized carbons (Fsp3) is 1.00. The molecule has 0 bridgehead atoms. The highest BCUT2D eigenvalue weighted by Gasteiger charge is 2.22. The molecule has 0 aliphatic carbocycles. The van der Waals surface area contributed by atoms with Crippen LogP contribution in [0.25, 0.3) is 0 Å². The Bertz CT molecular complexity index is 215. The number of hydrogen-bond donors (Lipinski definition) is 1. The standard InChI is InChI=1S/C5H13NO4S/c1-5(2,3)6(4)10-11(7,8)9/h1-4H3,(H,7,8,9). The van der Waals surface area contributed by atoms with Crippen LogP contribution in [0.2, 0.25) is 0 Å². The molecule has 0 aromatic rings. The molecule has 1 N–H and O–H groups in total. The topological polar surface area (TPSA) is 66.8 Å². The lowest BCUT2D eigenvalue weighted by molar-refractivity contribution is -0.104. The molecule has 6 heteroatoms. The molecule has 0 aromatic carbocycles. The summed E-state index contributed by atoms with van der Waals surface area (Å²) in [7, 11) is -2.96. The maximum atomic E-state index is 10.2. The SMILES string of the molecule is CN(OS(=O)(=O)O)C(C)(C)C. The maximum Gasteiger partial charge on any atom is 0.413 e. The molecule has 0 saturated carbocycles. The van der Waals surface area contributed by atoms with Gasteiger partial charge in [-0.1, -0.05) is 0 Å². The predicted octanol–water partition coefficient (Wildman–Crippen LogP) is 0.451. The van der Waals surface area contributed by atoms with Gasteiger partial charge < -0.3 is 0 Å². The Kier molecular flexibility index (Phi) is 3.01. The van der Waals surface area contributed by atoms with Gasteiger partial charge in [-0.25, -0.2) is 0 Å². The molecule has 0 fully saturated rings. The van der Waals surface area contributed by atoms with Crippen molar-refractivity contribution in [3.8, 4) is 0 Å². The normalized spacial score (nSPS) is 14.0. The Morgan fingerprint density at radius 2 is 1.73 bits per heavy atom. The van der Waals surface area contributed by atoms with Gasteiger partial charge in [0, 0.05) is 12.6 Å². The molecule has 0 saturated heterocycles. The van der Waals surface area contributed by atoms with E-state index in [2.05, 4.69) is 4.28 Å². The Labute approximate surface area is 66.9 Å². The molecule has 0 atom stereocenters. The van der Waals surface area contributed by atoms with Gasteiger partial charge >= 0.3 is 10.4 Å². The average molecular weight is 183 g/mol. The van der Waals surface area contributed by atoms with Gasteiger partial charge in [-0.2, -0.15) is 17.8 Å². The molecule has 0 radical (unpaired) electrons. The maximum absolute atomic E-state index is 10.2. The quantitative estimate of drug-likeness (QED) is 0.497. The third kappa shape index (κ3) is 5.14. The molecule has 11 heavy (non-hydrogen) atoms. The average Bonchev–Trinajstić information content (AvgIpc) is 1.56.